The lowest BCUT2D eigenvalue weighted by molar-refractivity contribution is 0.214. The molecule has 35 heavy (non-hydrogen) atoms. The first kappa shape index (κ1) is 23.3. The molecule has 1 aromatic heterocycles. The van der Waals surface area contributed by atoms with Crippen LogP contribution in [0.15, 0.2) is 66.7 Å². The van der Waals surface area contributed by atoms with E-state index in [1.54, 1.807) is 18.2 Å². The normalized spacial score (nSPS) is 14.8. The summed E-state index contributed by atoms with van der Waals surface area (Å²) in [5.41, 5.74) is 5.22. The van der Waals surface area contributed by atoms with Gasteiger partial charge in [-0.15, -0.1) is 0 Å². The van der Waals surface area contributed by atoms with Crippen LogP contribution in [0, 0.1) is 6.92 Å². The van der Waals surface area contributed by atoms with Gasteiger partial charge in [-0.2, -0.15) is 0 Å². The molecule has 5 nitrogen and oxygen atoms in total. The highest BCUT2D eigenvalue weighted by molar-refractivity contribution is 5.95. The van der Waals surface area contributed by atoms with E-state index in [0.29, 0.717) is 13.2 Å². The van der Waals surface area contributed by atoms with Crippen LogP contribution in [0.2, 0.25) is 0 Å². The van der Waals surface area contributed by atoms with Crippen LogP contribution in [0.5, 0.6) is 17.2 Å². The van der Waals surface area contributed by atoms with E-state index in [-0.39, 0.29) is 11.5 Å². The fraction of sp³-hybridized carbons (Fsp3) is 0.333. The second-order valence-corrected chi connectivity index (χ2v) is 9.53. The molecule has 1 saturated heterocycles. The predicted octanol–water partition coefficient (Wildman–Crippen LogP) is 6.33. The Kier molecular flexibility index (Phi) is 6.96. The van der Waals surface area contributed by atoms with Crippen molar-refractivity contribution in [2.24, 2.45) is 0 Å². The highest BCUT2D eigenvalue weighted by Crippen LogP contribution is 2.38. The van der Waals surface area contributed by atoms with E-state index in [4.69, 9.17) is 4.74 Å². The Morgan fingerprint density at radius 3 is 2.26 bits per heavy atom. The van der Waals surface area contributed by atoms with Gasteiger partial charge in [0.1, 0.15) is 23.9 Å². The number of aryl methyl sites for hydroxylation is 1. The molecule has 0 saturated carbocycles. The van der Waals surface area contributed by atoms with Crippen molar-refractivity contribution in [1.82, 2.24) is 9.47 Å². The third-order valence-corrected chi connectivity index (χ3v) is 7.09. The number of aromatic nitrogens is 1. The van der Waals surface area contributed by atoms with Crippen molar-refractivity contribution >= 4 is 10.9 Å². The van der Waals surface area contributed by atoms with E-state index in [1.807, 2.05) is 43.3 Å². The smallest absolute Gasteiger partial charge is 0.125 e. The van der Waals surface area contributed by atoms with E-state index in [1.165, 1.54) is 38.8 Å². The van der Waals surface area contributed by atoms with Crippen LogP contribution < -0.4 is 4.74 Å². The molecular weight excluding hydrogens is 436 g/mol. The second kappa shape index (κ2) is 10.4. The molecule has 5 heteroatoms. The van der Waals surface area contributed by atoms with Crippen LogP contribution in [-0.2, 0) is 6.54 Å². The van der Waals surface area contributed by atoms with Gasteiger partial charge in [0.15, 0.2) is 0 Å². The number of aromatic hydroxyl groups is 2. The van der Waals surface area contributed by atoms with Gasteiger partial charge in [0.2, 0.25) is 0 Å². The molecule has 1 aliphatic rings. The van der Waals surface area contributed by atoms with E-state index >= 15 is 0 Å². The first-order valence-corrected chi connectivity index (χ1v) is 12.6. The van der Waals surface area contributed by atoms with Crippen LogP contribution in [0.1, 0.15) is 36.8 Å². The molecule has 0 unspecified atom stereocenters. The molecule has 0 amide bonds. The summed E-state index contributed by atoms with van der Waals surface area (Å²) in [5, 5.41) is 21.2. The minimum Gasteiger partial charge on any atom is -0.508 e. The molecule has 182 valence electrons. The van der Waals surface area contributed by atoms with Crippen molar-refractivity contribution in [3.8, 4) is 28.5 Å². The van der Waals surface area contributed by atoms with Gasteiger partial charge in [-0.3, -0.25) is 4.90 Å². The summed E-state index contributed by atoms with van der Waals surface area (Å²) in [5.74, 6) is 1.42. The number of fused-ring (bicyclic) bond motifs is 1. The Morgan fingerprint density at radius 2 is 1.54 bits per heavy atom. The molecule has 0 bridgehead atoms. The predicted molar refractivity (Wildman–Crippen MR) is 141 cm³/mol. The molecule has 0 atom stereocenters. The number of hydrogen-bond acceptors (Lipinski definition) is 4. The van der Waals surface area contributed by atoms with Crippen molar-refractivity contribution in [2.45, 2.75) is 39.2 Å². The molecule has 2 N–H and O–H groups in total. The number of ether oxygens (including phenoxy) is 1. The minimum absolute atomic E-state index is 0.239. The largest absolute Gasteiger partial charge is 0.508 e. The Morgan fingerprint density at radius 1 is 0.829 bits per heavy atom. The molecule has 0 radical (unpaired) electrons. The Bertz CT molecular complexity index is 1270. The van der Waals surface area contributed by atoms with Gasteiger partial charge >= 0.3 is 0 Å². The van der Waals surface area contributed by atoms with Gasteiger partial charge in [0.05, 0.1) is 11.2 Å². The van der Waals surface area contributed by atoms with Crippen LogP contribution >= 0.6 is 0 Å². The van der Waals surface area contributed by atoms with Gasteiger partial charge in [-0.05, 0) is 98.1 Å². The maximum Gasteiger partial charge on any atom is 0.125 e. The fourth-order valence-corrected chi connectivity index (χ4v) is 5.26. The minimum atomic E-state index is 0.239. The van der Waals surface area contributed by atoms with Crippen LogP contribution in [0.25, 0.3) is 22.2 Å². The SMILES string of the molecule is Cc1c(-c2ccc(O)cc2)n(Cc2ccc(OCCN3CCCCCC3)cc2)c2cccc(O)c12. The Balaban J connectivity index is 1.36. The summed E-state index contributed by atoms with van der Waals surface area (Å²) in [7, 11) is 0. The quantitative estimate of drug-likeness (QED) is 0.331. The lowest BCUT2D eigenvalue weighted by Gasteiger charge is -2.19. The van der Waals surface area contributed by atoms with E-state index in [0.717, 1.165) is 45.6 Å². The number of phenols is 2. The molecular formula is C30H34N2O3. The number of phenolic OH excluding ortho intramolecular Hbond substituents is 2. The maximum absolute atomic E-state index is 10.6. The monoisotopic (exact) mass is 470 g/mol. The van der Waals surface area contributed by atoms with Gasteiger partial charge < -0.3 is 19.5 Å². The number of likely N-dealkylation sites (tertiary alicyclic amines) is 1. The molecule has 0 aliphatic carbocycles. The highest BCUT2D eigenvalue weighted by atomic mass is 16.5. The molecule has 1 aliphatic heterocycles. The van der Waals surface area contributed by atoms with Crippen LogP contribution in [0.3, 0.4) is 0 Å². The van der Waals surface area contributed by atoms with E-state index < -0.39 is 0 Å². The average molecular weight is 471 g/mol. The van der Waals surface area contributed by atoms with Crippen molar-refractivity contribution in [2.75, 3.05) is 26.2 Å². The standard InChI is InChI=1S/C30H34N2O3/c1-22-29-27(7-6-8-28(29)34)32(30(22)24-11-13-25(33)14-12-24)21-23-9-15-26(16-10-23)35-20-19-31-17-4-2-3-5-18-31/h6-16,33-34H,2-5,17-21H2,1H3. The molecule has 5 rings (SSSR count). The highest BCUT2D eigenvalue weighted by Gasteiger charge is 2.18. The lowest BCUT2D eigenvalue weighted by Crippen LogP contribution is -2.29. The number of rotatable bonds is 7. The zero-order valence-electron chi connectivity index (χ0n) is 20.4. The zero-order valence-corrected chi connectivity index (χ0v) is 20.4. The van der Waals surface area contributed by atoms with E-state index in [9.17, 15) is 10.2 Å². The fourth-order valence-electron chi connectivity index (χ4n) is 5.26. The van der Waals surface area contributed by atoms with Crippen molar-refractivity contribution in [1.29, 1.82) is 0 Å². The lowest BCUT2D eigenvalue weighted by atomic mass is 10.1. The van der Waals surface area contributed by atoms with Crippen molar-refractivity contribution in [3.05, 3.63) is 77.9 Å². The maximum atomic E-state index is 10.6. The van der Waals surface area contributed by atoms with Gasteiger partial charge in [-0.1, -0.05) is 31.0 Å². The summed E-state index contributed by atoms with van der Waals surface area (Å²) in [4.78, 5) is 2.52. The Hall–Kier alpha value is -3.44. The van der Waals surface area contributed by atoms with Crippen molar-refractivity contribution < 1.29 is 14.9 Å². The molecule has 1 fully saturated rings. The van der Waals surface area contributed by atoms with Gasteiger partial charge in [0, 0.05) is 18.5 Å². The zero-order chi connectivity index (χ0) is 24.2. The summed E-state index contributed by atoms with van der Waals surface area (Å²) in [6.45, 7) is 6.78. The summed E-state index contributed by atoms with van der Waals surface area (Å²) < 4.78 is 8.29. The molecule has 0 spiro atoms. The summed E-state index contributed by atoms with van der Waals surface area (Å²) in [6, 6.07) is 21.2. The van der Waals surface area contributed by atoms with Crippen LogP contribution in [0.4, 0.5) is 0 Å². The number of nitrogens with zero attached hydrogens (tertiary/aromatic N) is 2. The Labute approximate surface area is 207 Å². The van der Waals surface area contributed by atoms with Gasteiger partial charge in [-0.25, -0.2) is 0 Å². The van der Waals surface area contributed by atoms with E-state index in [2.05, 4.69) is 21.6 Å². The first-order chi connectivity index (χ1) is 17.1. The molecule has 3 aromatic carbocycles. The summed E-state index contributed by atoms with van der Waals surface area (Å²) >= 11 is 0. The molecule has 4 aromatic rings. The third kappa shape index (κ3) is 5.15. The first-order valence-electron chi connectivity index (χ1n) is 12.6. The van der Waals surface area contributed by atoms with Gasteiger partial charge in [0.25, 0.3) is 0 Å². The van der Waals surface area contributed by atoms with Crippen molar-refractivity contribution in [3.63, 3.8) is 0 Å². The number of hydrogen-bond donors (Lipinski definition) is 2. The average Bonchev–Trinajstić information content (AvgIpc) is 3.01. The molecule has 2 heterocycles. The second-order valence-electron chi connectivity index (χ2n) is 9.53. The summed E-state index contributed by atoms with van der Waals surface area (Å²) in [6.07, 6.45) is 5.30. The third-order valence-electron chi connectivity index (χ3n) is 7.09. The topological polar surface area (TPSA) is 57.9 Å². The number of benzene rings is 3. The van der Waals surface area contributed by atoms with Crippen LogP contribution in [-0.4, -0.2) is 45.9 Å².